The van der Waals surface area contributed by atoms with Crippen molar-refractivity contribution in [2.45, 2.75) is 31.8 Å². The molecule has 5 nitrogen and oxygen atoms in total. The van der Waals surface area contributed by atoms with Gasteiger partial charge in [0.15, 0.2) is 0 Å². The van der Waals surface area contributed by atoms with Crippen molar-refractivity contribution in [2.75, 3.05) is 20.6 Å². The van der Waals surface area contributed by atoms with Crippen LogP contribution in [0.15, 0.2) is 24.3 Å². The molecule has 0 heterocycles. The van der Waals surface area contributed by atoms with E-state index in [1.54, 1.807) is 0 Å². The van der Waals surface area contributed by atoms with Crippen LogP contribution >= 0.6 is 0 Å². The van der Waals surface area contributed by atoms with Gasteiger partial charge in [-0.1, -0.05) is 29.8 Å². The normalized spacial score (nSPS) is 15.6. The fourth-order valence-corrected chi connectivity index (χ4v) is 2.14. The monoisotopic (exact) mass is 289 g/mol. The molecular weight excluding hydrogens is 266 g/mol. The number of amides is 2. The number of nitrogens with one attached hydrogen (secondary N) is 2. The number of hydrogen-bond donors (Lipinski definition) is 2. The van der Waals surface area contributed by atoms with Gasteiger partial charge in [-0.25, -0.2) is 0 Å². The van der Waals surface area contributed by atoms with E-state index in [1.807, 2.05) is 38.1 Å². The minimum absolute atomic E-state index is 0.0447. The molecule has 1 fully saturated rings. The third kappa shape index (κ3) is 4.56. The molecule has 1 aromatic rings. The van der Waals surface area contributed by atoms with Gasteiger partial charge in [-0.3, -0.25) is 9.59 Å². The highest BCUT2D eigenvalue weighted by molar-refractivity contribution is 6.35. The molecule has 1 saturated carbocycles. The van der Waals surface area contributed by atoms with E-state index in [9.17, 15) is 9.59 Å². The number of likely N-dealkylation sites (N-methyl/N-ethyl adjacent to an activating group) is 1. The predicted octanol–water partition coefficient (Wildman–Crippen LogP) is 0.993. The van der Waals surface area contributed by atoms with Crippen LogP contribution in [0.5, 0.6) is 0 Å². The zero-order valence-electron chi connectivity index (χ0n) is 12.8. The molecule has 0 saturated heterocycles. The first kappa shape index (κ1) is 15.5. The number of aryl methyl sites for hydroxylation is 1. The lowest BCUT2D eigenvalue weighted by Gasteiger charge is -2.25. The molecule has 2 amide bonds. The summed E-state index contributed by atoms with van der Waals surface area (Å²) < 4.78 is 0. The van der Waals surface area contributed by atoms with E-state index in [1.165, 1.54) is 5.56 Å². The van der Waals surface area contributed by atoms with Gasteiger partial charge in [-0.15, -0.1) is 0 Å². The Kier molecular flexibility index (Phi) is 4.96. The van der Waals surface area contributed by atoms with Gasteiger partial charge in [0.2, 0.25) is 0 Å². The van der Waals surface area contributed by atoms with Crippen LogP contribution in [-0.4, -0.2) is 43.4 Å². The summed E-state index contributed by atoms with van der Waals surface area (Å²) >= 11 is 0. The van der Waals surface area contributed by atoms with Gasteiger partial charge in [0.25, 0.3) is 0 Å². The Labute approximate surface area is 125 Å². The Bertz CT molecular complexity index is 507. The Balaban J connectivity index is 1.91. The van der Waals surface area contributed by atoms with Crippen LogP contribution in [-0.2, 0) is 9.59 Å². The number of carbonyl (C=O) groups is 2. The lowest BCUT2D eigenvalue weighted by atomic mass is 10.0. The molecule has 1 aliphatic carbocycles. The van der Waals surface area contributed by atoms with E-state index >= 15 is 0 Å². The summed E-state index contributed by atoms with van der Waals surface area (Å²) in [7, 11) is 3.92. The highest BCUT2D eigenvalue weighted by Gasteiger charge is 2.26. The third-order valence-corrected chi connectivity index (χ3v) is 3.66. The van der Waals surface area contributed by atoms with Crippen LogP contribution in [0.4, 0.5) is 0 Å². The first-order chi connectivity index (χ1) is 9.97. The number of nitrogens with zero attached hydrogens (tertiary/aromatic N) is 1. The van der Waals surface area contributed by atoms with E-state index in [-0.39, 0.29) is 12.1 Å². The predicted molar refractivity (Wildman–Crippen MR) is 81.8 cm³/mol. The molecule has 1 aliphatic rings. The molecule has 1 aromatic carbocycles. The van der Waals surface area contributed by atoms with Crippen LogP contribution in [0.1, 0.15) is 30.0 Å². The molecule has 0 aromatic heterocycles. The van der Waals surface area contributed by atoms with Gasteiger partial charge in [-0.05, 0) is 39.4 Å². The van der Waals surface area contributed by atoms with Gasteiger partial charge in [0.1, 0.15) is 0 Å². The first-order valence-corrected chi connectivity index (χ1v) is 7.29. The van der Waals surface area contributed by atoms with Crippen molar-refractivity contribution in [3.8, 4) is 0 Å². The van der Waals surface area contributed by atoms with Crippen LogP contribution in [0.2, 0.25) is 0 Å². The van der Waals surface area contributed by atoms with Crippen molar-refractivity contribution in [1.82, 2.24) is 15.5 Å². The standard InChI is InChI=1S/C16H23N3O2/c1-11-4-6-12(7-5-11)14(19(2)3)10-17-15(20)16(21)18-13-8-9-13/h4-7,13-14H,8-10H2,1-3H3,(H,17,20)(H,18,21). The average molecular weight is 289 g/mol. The second-order valence-electron chi connectivity index (χ2n) is 5.85. The van der Waals surface area contributed by atoms with Gasteiger partial charge in [-0.2, -0.15) is 0 Å². The largest absolute Gasteiger partial charge is 0.346 e. The van der Waals surface area contributed by atoms with E-state index < -0.39 is 11.8 Å². The van der Waals surface area contributed by atoms with Crippen LogP contribution < -0.4 is 10.6 Å². The average Bonchev–Trinajstić information content (AvgIpc) is 3.24. The van der Waals surface area contributed by atoms with E-state index in [0.29, 0.717) is 6.54 Å². The van der Waals surface area contributed by atoms with Crippen molar-refractivity contribution in [3.63, 3.8) is 0 Å². The summed E-state index contributed by atoms with van der Waals surface area (Å²) in [4.78, 5) is 25.4. The Morgan fingerprint density at radius 1 is 1.19 bits per heavy atom. The molecule has 5 heteroatoms. The SMILES string of the molecule is Cc1ccc(C(CNC(=O)C(=O)NC2CC2)N(C)C)cc1. The minimum atomic E-state index is -0.555. The topological polar surface area (TPSA) is 61.4 Å². The minimum Gasteiger partial charge on any atom is -0.346 e. The Hall–Kier alpha value is -1.88. The number of benzene rings is 1. The third-order valence-electron chi connectivity index (χ3n) is 3.66. The van der Waals surface area contributed by atoms with Crippen molar-refractivity contribution in [2.24, 2.45) is 0 Å². The first-order valence-electron chi connectivity index (χ1n) is 7.29. The summed E-state index contributed by atoms with van der Waals surface area (Å²) in [5.74, 6) is -1.08. The second kappa shape index (κ2) is 6.72. The highest BCUT2D eigenvalue weighted by Crippen LogP contribution is 2.19. The molecule has 0 radical (unpaired) electrons. The van der Waals surface area contributed by atoms with Crippen molar-refractivity contribution in [3.05, 3.63) is 35.4 Å². The fourth-order valence-electron chi connectivity index (χ4n) is 2.14. The van der Waals surface area contributed by atoms with Gasteiger partial charge >= 0.3 is 11.8 Å². The molecule has 0 spiro atoms. The molecule has 114 valence electrons. The maximum Gasteiger partial charge on any atom is 0.309 e. The molecule has 21 heavy (non-hydrogen) atoms. The summed E-state index contributed by atoms with van der Waals surface area (Å²) in [6, 6.07) is 8.45. The number of hydrogen-bond acceptors (Lipinski definition) is 3. The summed E-state index contributed by atoms with van der Waals surface area (Å²) in [5, 5.41) is 5.41. The quantitative estimate of drug-likeness (QED) is 0.795. The molecule has 1 unspecified atom stereocenters. The van der Waals surface area contributed by atoms with Gasteiger partial charge < -0.3 is 15.5 Å². The zero-order valence-corrected chi connectivity index (χ0v) is 12.8. The smallest absolute Gasteiger partial charge is 0.309 e. The van der Waals surface area contributed by atoms with Crippen LogP contribution in [0, 0.1) is 6.92 Å². The Morgan fingerprint density at radius 2 is 1.81 bits per heavy atom. The summed E-state index contributed by atoms with van der Waals surface area (Å²) in [6.45, 7) is 2.45. The highest BCUT2D eigenvalue weighted by atomic mass is 16.2. The van der Waals surface area contributed by atoms with Crippen molar-refractivity contribution >= 4 is 11.8 Å². The molecule has 0 aliphatic heterocycles. The lowest BCUT2D eigenvalue weighted by molar-refractivity contribution is -0.139. The van der Waals surface area contributed by atoms with E-state index in [0.717, 1.165) is 18.4 Å². The number of rotatable bonds is 5. The molecule has 1 atom stereocenters. The molecular formula is C16H23N3O2. The molecule has 2 rings (SSSR count). The summed E-state index contributed by atoms with van der Waals surface area (Å²) in [6.07, 6.45) is 1.95. The number of carbonyl (C=O) groups excluding carboxylic acids is 2. The Morgan fingerprint density at radius 3 is 2.33 bits per heavy atom. The fraction of sp³-hybridized carbons (Fsp3) is 0.500. The van der Waals surface area contributed by atoms with Crippen LogP contribution in [0.3, 0.4) is 0 Å². The van der Waals surface area contributed by atoms with Crippen molar-refractivity contribution in [1.29, 1.82) is 0 Å². The van der Waals surface area contributed by atoms with E-state index in [4.69, 9.17) is 0 Å². The maximum absolute atomic E-state index is 11.8. The van der Waals surface area contributed by atoms with Crippen molar-refractivity contribution < 1.29 is 9.59 Å². The zero-order chi connectivity index (χ0) is 15.4. The molecule has 2 N–H and O–H groups in total. The van der Waals surface area contributed by atoms with Crippen LogP contribution in [0.25, 0.3) is 0 Å². The lowest BCUT2D eigenvalue weighted by Crippen LogP contribution is -2.43. The van der Waals surface area contributed by atoms with Gasteiger partial charge in [0.05, 0.1) is 6.04 Å². The maximum atomic E-state index is 11.8. The van der Waals surface area contributed by atoms with Gasteiger partial charge in [0, 0.05) is 12.6 Å². The summed E-state index contributed by atoms with van der Waals surface area (Å²) in [5.41, 5.74) is 2.32. The van der Waals surface area contributed by atoms with E-state index in [2.05, 4.69) is 22.8 Å². The molecule has 0 bridgehead atoms. The second-order valence-corrected chi connectivity index (χ2v) is 5.85.